The molecule has 0 bridgehead atoms. The highest BCUT2D eigenvalue weighted by atomic mass is 19.4. The second kappa shape index (κ2) is 6.80. The van der Waals surface area contributed by atoms with E-state index in [0.29, 0.717) is 18.5 Å². The number of alkyl halides is 3. The van der Waals surface area contributed by atoms with Gasteiger partial charge in [0, 0.05) is 25.6 Å². The molecule has 0 spiro atoms. The molecule has 1 N–H and O–H groups in total. The van der Waals surface area contributed by atoms with Crippen molar-refractivity contribution in [1.29, 1.82) is 0 Å². The van der Waals surface area contributed by atoms with E-state index in [2.05, 4.69) is 15.3 Å². The Labute approximate surface area is 138 Å². The molecule has 0 fully saturated rings. The lowest BCUT2D eigenvalue weighted by atomic mass is 10.1. The van der Waals surface area contributed by atoms with Crippen LogP contribution in [0.5, 0.6) is 0 Å². The molecule has 1 amide bonds. The van der Waals surface area contributed by atoms with Gasteiger partial charge in [-0.3, -0.25) is 4.79 Å². The third-order valence-corrected chi connectivity index (χ3v) is 3.73. The maximum Gasteiger partial charge on any atom is 0.440 e. The van der Waals surface area contributed by atoms with Gasteiger partial charge in [-0.1, -0.05) is 31.2 Å². The predicted molar refractivity (Wildman–Crippen MR) is 83.0 cm³/mol. The van der Waals surface area contributed by atoms with Crippen LogP contribution in [0, 0.1) is 0 Å². The van der Waals surface area contributed by atoms with E-state index >= 15 is 0 Å². The van der Waals surface area contributed by atoms with Gasteiger partial charge in [0.2, 0.25) is 5.91 Å². The average Bonchev–Trinajstić information content (AvgIpc) is 2.92. The second-order valence-electron chi connectivity index (χ2n) is 5.84. The predicted octanol–water partition coefficient (Wildman–Crippen LogP) is 3.01. The molecule has 8 heteroatoms. The zero-order valence-corrected chi connectivity index (χ0v) is 13.8. The van der Waals surface area contributed by atoms with Crippen LogP contribution in [0.25, 0.3) is 0 Å². The van der Waals surface area contributed by atoms with Gasteiger partial charge >= 0.3 is 6.18 Å². The Kier molecular flexibility index (Phi) is 5.17. The Hall–Kier alpha value is -2.09. The molecule has 1 atom stereocenters. The lowest BCUT2D eigenvalue weighted by Crippen LogP contribution is -2.42. The van der Waals surface area contributed by atoms with Crippen molar-refractivity contribution < 1.29 is 22.8 Å². The fraction of sp³-hybridized carbons (Fsp3) is 0.500. The first-order valence-corrected chi connectivity index (χ1v) is 7.60. The normalized spacial score (nSPS) is 20.5. The fourth-order valence-corrected chi connectivity index (χ4v) is 2.19. The number of hydroxylamine groups is 1. The van der Waals surface area contributed by atoms with Crippen molar-refractivity contribution in [2.24, 2.45) is 4.99 Å². The summed E-state index contributed by atoms with van der Waals surface area (Å²) in [6.07, 6.45) is -3.34. The summed E-state index contributed by atoms with van der Waals surface area (Å²) in [7, 11) is 1.72. The van der Waals surface area contributed by atoms with E-state index in [0.717, 1.165) is 18.9 Å². The lowest BCUT2D eigenvalue weighted by Gasteiger charge is -2.21. The molecule has 0 saturated heterocycles. The van der Waals surface area contributed by atoms with Gasteiger partial charge in [0.25, 0.3) is 5.72 Å². The van der Waals surface area contributed by atoms with Gasteiger partial charge in [-0.25, -0.2) is 15.3 Å². The largest absolute Gasteiger partial charge is 0.440 e. The molecule has 1 aromatic rings. The van der Waals surface area contributed by atoms with Crippen molar-refractivity contribution in [3.8, 4) is 0 Å². The molecule has 0 aromatic heterocycles. The number of carbonyl (C=O) groups is 1. The molecule has 1 aromatic carbocycles. The van der Waals surface area contributed by atoms with Crippen molar-refractivity contribution in [2.45, 2.75) is 45.1 Å². The van der Waals surface area contributed by atoms with E-state index in [9.17, 15) is 18.0 Å². The first-order valence-electron chi connectivity index (χ1n) is 7.60. The minimum atomic E-state index is -4.61. The molecule has 0 aliphatic carbocycles. The highest BCUT2D eigenvalue weighted by Crippen LogP contribution is 2.36. The van der Waals surface area contributed by atoms with Crippen LogP contribution >= 0.6 is 0 Å². The number of rotatable bonds is 5. The number of amides is 1. The van der Waals surface area contributed by atoms with Crippen LogP contribution in [0.4, 0.5) is 13.2 Å². The molecule has 0 saturated carbocycles. The number of amidine groups is 1. The molecule has 2 rings (SSSR count). The van der Waals surface area contributed by atoms with Gasteiger partial charge in [0.1, 0.15) is 0 Å². The quantitative estimate of drug-likeness (QED) is 0.894. The fourth-order valence-electron chi connectivity index (χ4n) is 2.19. The Bertz CT molecular complexity index is 628. The summed E-state index contributed by atoms with van der Waals surface area (Å²) in [6, 6.07) is 6.78. The highest BCUT2D eigenvalue weighted by Gasteiger charge is 2.56. The SMILES string of the molecule is CCCC(=O)N(C)Cc1ccc(C2=NC(C)(C(F)(F)F)ON2)cc1. The van der Waals surface area contributed by atoms with Crippen LogP contribution in [-0.4, -0.2) is 35.6 Å². The Morgan fingerprint density at radius 2 is 1.96 bits per heavy atom. The van der Waals surface area contributed by atoms with Gasteiger partial charge in [-0.2, -0.15) is 13.2 Å². The van der Waals surface area contributed by atoms with Crippen molar-refractivity contribution >= 4 is 11.7 Å². The van der Waals surface area contributed by atoms with Crippen LogP contribution < -0.4 is 5.48 Å². The number of halogens is 3. The summed E-state index contributed by atoms with van der Waals surface area (Å²) in [6.45, 7) is 3.23. The van der Waals surface area contributed by atoms with Gasteiger partial charge in [-0.05, 0) is 18.9 Å². The number of nitrogens with one attached hydrogen (secondary N) is 1. The molecule has 5 nitrogen and oxygen atoms in total. The van der Waals surface area contributed by atoms with Crippen LogP contribution in [0.3, 0.4) is 0 Å². The van der Waals surface area contributed by atoms with Crippen LogP contribution in [-0.2, 0) is 16.2 Å². The molecule has 1 aliphatic heterocycles. The summed E-state index contributed by atoms with van der Waals surface area (Å²) < 4.78 is 38.6. The zero-order valence-electron chi connectivity index (χ0n) is 13.8. The Morgan fingerprint density at radius 3 is 2.46 bits per heavy atom. The number of hydrogen-bond acceptors (Lipinski definition) is 4. The van der Waals surface area contributed by atoms with Crippen molar-refractivity contribution in [3.05, 3.63) is 35.4 Å². The number of carbonyl (C=O) groups excluding carboxylic acids is 1. The topological polar surface area (TPSA) is 53.9 Å². The van der Waals surface area contributed by atoms with Crippen molar-refractivity contribution in [2.75, 3.05) is 7.05 Å². The number of hydrogen-bond donors (Lipinski definition) is 1. The minimum Gasteiger partial charge on any atom is -0.341 e. The molecule has 24 heavy (non-hydrogen) atoms. The van der Waals surface area contributed by atoms with Gasteiger partial charge in [0.15, 0.2) is 5.84 Å². The summed E-state index contributed by atoms with van der Waals surface area (Å²) in [5.74, 6) is 0.0783. The number of aliphatic imine (C=N–C) groups is 1. The maximum atomic E-state index is 12.9. The van der Waals surface area contributed by atoms with E-state index in [1.807, 2.05) is 6.92 Å². The molecule has 132 valence electrons. The first kappa shape index (κ1) is 18.3. The number of nitrogens with zero attached hydrogens (tertiary/aromatic N) is 2. The Balaban J connectivity index is 2.08. The van der Waals surface area contributed by atoms with Crippen molar-refractivity contribution in [3.63, 3.8) is 0 Å². The highest BCUT2D eigenvalue weighted by molar-refractivity contribution is 5.99. The molecular weight excluding hydrogens is 323 g/mol. The summed E-state index contributed by atoms with van der Waals surface area (Å²) in [5, 5.41) is 0. The van der Waals surface area contributed by atoms with E-state index in [1.54, 1.807) is 36.2 Å². The third kappa shape index (κ3) is 3.87. The smallest absolute Gasteiger partial charge is 0.341 e. The average molecular weight is 343 g/mol. The second-order valence-corrected chi connectivity index (χ2v) is 5.84. The van der Waals surface area contributed by atoms with Crippen LogP contribution in [0.15, 0.2) is 29.3 Å². The van der Waals surface area contributed by atoms with Gasteiger partial charge in [0.05, 0.1) is 0 Å². The van der Waals surface area contributed by atoms with E-state index in [-0.39, 0.29) is 11.7 Å². The third-order valence-electron chi connectivity index (χ3n) is 3.73. The Morgan fingerprint density at radius 1 is 1.33 bits per heavy atom. The number of benzene rings is 1. The molecular formula is C16H20F3N3O2. The maximum absolute atomic E-state index is 12.9. The van der Waals surface area contributed by atoms with E-state index < -0.39 is 11.9 Å². The van der Waals surface area contributed by atoms with E-state index in [1.165, 1.54) is 0 Å². The van der Waals surface area contributed by atoms with Crippen LogP contribution in [0.1, 0.15) is 37.8 Å². The minimum absolute atomic E-state index is 0.0248. The van der Waals surface area contributed by atoms with Crippen LogP contribution in [0.2, 0.25) is 0 Å². The zero-order chi connectivity index (χ0) is 18.0. The summed E-state index contributed by atoms with van der Waals surface area (Å²) >= 11 is 0. The first-order chi connectivity index (χ1) is 11.2. The standard InChI is InChI=1S/C16H20F3N3O2/c1-4-5-13(23)22(3)10-11-6-8-12(9-7-11)14-20-15(2,24-21-14)16(17,18)19/h6-9H,4-5,10H2,1-3H3,(H,20,21). The van der Waals surface area contributed by atoms with E-state index in [4.69, 9.17) is 0 Å². The molecule has 1 aliphatic rings. The molecule has 0 radical (unpaired) electrons. The van der Waals surface area contributed by atoms with Gasteiger partial charge in [-0.15, -0.1) is 0 Å². The molecule has 1 heterocycles. The lowest BCUT2D eigenvalue weighted by molar-refractivity contribution is -0.270. The monoisotopic (exact) mass is 343 g/mol. The summed E-state index contributed by atoms with van der Waals surface area (Å²) in [5.41, 5.74) is 1.00. The van der Waals surface area contributed by atoms with Crippen molar-refractivity contribution in [1.82, 2.24) is 10.4 Å². The molecule has 1 unspecified atom stereocenters. The van der Waals surface area contributed by atoms with Gasteiger partial charge < -0.3 is 4.90 Å². The summed E-state index contributed by atoms with van der Waals surface area (Å²) in [4.78, 5) is 21.6.